The van der Waals surface area contributed by atoms with Crippen molar-refractivity contribution in [3.8, 4) is 0 Å². The molecule has 0 radical (unpaired) electrons. The minimum absolute atomic E-state index is 0.0532. The number of benzene rings is 2. The smallest absolute Gasteiger partial charge is 0.253 e. The number of sulfonamides is 1. The highest BCUT2D eigenvalue weighted by molar-refractivity contribution is 7.89. The summed E-state index contributed by atoms with van der Waals surface area (Å²) in [6.07, 6.45) is 0. The van der Waals surface area contributed by atoms with Crippen LogP contribution in [0.15, 0.2) is 53.4 Å². The van der Waals surface area contributed by atoms with Gasteiger partial charge in [-0.1, -0.05) is 18.2 Å². The Kier molecular flexibility index (Phi) is 5.36. The van der Waals surface area contributed by atoms with E-state index in [9.17, 15) is 17.6 Å². The summed E-state index contributed by atoms with van der Waals surface area (Å²) in [6.45, 7) is 0.223. The minimum Gasteiger partial charge on any atom is -0.337 e. The summed E-state index contributed by atoms with van der Waals surface area (Å²) in [5.74, 6) is -0.706. The Morgan fingerprint density at radius 2 is 1.71 bits per heavy atom. The summed E-state index contributed by atoms with van der Waals surface area (Å²) in [4.78, 5) is 14.0. The lowest BCUT2D eigenvalue weighted by Crippen LogP contribution is -2.27. The van der Waals surface area contributed by atoms with Crippen molar-refractivity contribution in [3.05, 3.63) is 65.5 Å². The van der Waals surface area contributed by atoms with Crippen molar-refractivity contribution in [2.24, 2.45) is 0 Å². The van der Waals surface area contributed by atoms with E-state index in [0.29, 0.717) is 5.56 Å². The average molecular weight is 350 g/mol. The van der Waals surface area contributed by atoms with E-state index in [1.165, 1.54) is 49.3 Å². The van der Waals surface area contributed by atoms with Crippen LogP contribution in [0.4, 0.5) is 4.39 Å². The summed E-state index contributed by atoms with van der Waals surface area (Å²) >= 11 is 0. The minimum atomic E-state index is -3.61. The molecule has 0 aliphatic rings. The molecule has 0 aromatic heterocycles. The number of amides is 1. The first-order chi connectivity index (χ1) is 11.2. The van der Waals surface area contributed by atoms with Crippen molar-refractivity contribution in [3.63, 3.8) is 0 Å². The highest BCUT2D eigenvalue weighted by atomic mass is 32.2. The zero-order valence-electron chi connectivity index (χ0n) is 13.7. The van der Waals surface area contributed by atoms with Crippen molar-refractivity contribution < 1.29 is 17.6 Å². The largest absolute Gasteiger partial charge is 0.337 e. The molecule has 0 spiro atoms. The molecule has 0 saturated heterocycles. The molecule has 0 aliphatic heterocycles. The van der Waals surface area contributed by atoms with Crippen LogP contribution in [0.5, 0.6) is 0 Å². The summed E-state index contributed by atoms with van der Waals surface area (Å²) < 4.78 is 38.6. The molecular formula is C17H19FN2O3S. The van der Waals surface area contributed by atoms with E-state index in [1.54, 1.807) is 25.2 Å². The number of hydrogen-bond acceptors (Lipinski definition) is 3. The molecule has 0 atom stereocenters. The first-order valence-electron chi connectivity index (χ1n) is 7.24. The van der Waals surface area contributed by atoms with Gasteiger partial charge in [-0.15, -0.1) is 0 Å². The summed E-state index contributed by atoms with van der Waals surface area (Å²) in [5, 5.41) is 0. The number of carbonyl (C=O) groups is 1. The number of halogens is 1. The molecule has 0 fully saturated rings. The molecule has 0 bridgehead atoms. The molecule has 128 valence electrons. The topological polar surface area (TPSA) is 57.7 Å². The first-order valence-corrected chi connectivity index (χ1v) is 8.68. The van der Waals surface area contributed by atoms with E-state index >= 15 is 0 Å². The van der Waals surface area contributed by atoms with Crippen LogP contribution in [0, 0.1) is 5.82 Å². The van der Waals surface area contributed by atoms with Gasteiger partial charge in [0.1, 0.15) is 5.82 Å². The molecule has 0 saturated carbocycles. The Bertz CT molecular complexity index is 850. The molecule has 1 amide bonds. The number of hydrogen-bond donors (Lipinski definition) is 0. The van der Waals surface area contributed by atoms with Gasteiger partial charge in [0.05, 0.1) is 4.90 Å². The van der Waals surface area contributed by atoms with Crippen LogP contribution in [0.25, 0.3) is 0 Å². The fourth-order valence-corrected chi connectivity index (χ4v) is 3.15. The fraction of sp³-hybridized carbons (Fsp3) is 0.235. The monoisotopic (exact) mass is 350 g/mol. The van der Waals surface area contributed by atoms with Gasteiger partial charge >= 0.3 is 0 Å². The normalized spacial score (nSPS) is 11.5. The maximum absolute atomic E-state index is 13.2. The van der Waals surface area contributed by atoms with Crippen molar-refractivity contribution in [1.29, 1.82) is 0 Å². The predicted octanol–water partition coefficient (Wildman–Crippen LogP) is 2.35. The molecule has 0 aliphatic carbocycles. The Hall–Kier alpha value is -2.25. The fourth-order valence-electron chi connectivity index (χ4n) is 2.20. The van der Waals surface area contributed by atoms with Crippen LogP contribution in [0.3, 0.4) is 0 Å². The van der Waals surface area contributed by atoms with Gasteiger partial charge in [-0.05, 0) is 35.9 Å². The van der Waals surface area contributed by atoms with Crippen LogP contribution >= 0.6 is 0 Å². The third-order valence-electron chi connectivity index (χ3n) is 3.52. The second kappa shape index (κ2) is 7.11. The van der Waals surface area contributed by atoms with Crippen LogP contribution in [0.2, 0.25) is 0 Å². The number of rotatable bonds is 5. The van der Waals surface area contributed by atoms with Crippen LogP contribution in [0.1, 0.15) is 15.9 Å². The third kappa shape index (κ3) is 3.98. The van der Waals surface area contributed by atoms with Crippen LogP contribution in [-0.4, -0.2) is 44.7 Å². The van der Waals surface area contributed by atoms with Crippen molar-refractivity contribution in [2.75, 3.05) is 21.1 Å². The highest BCUT2D eigenvalue weighted by Crippen LogP contribution is 2.17. The Morgan fingerprint density at radius 3 is 2.33 bits per heavy atom. The van der Waals surface area contributed by atoms with Gasteiger partial charge < -0.3 is 4.90 Å². The quantitative estimate of drug-likeness (QED) is 0.832. The third-order valence-corrected chi connectivity index (χ3v) is 5.33. The lowest BCUT2D eigenvalue weighted by Gasteiger charge is -2.18. The van der Waals surface area contributed by atoms with Gasteiger partial charge in [-0.2, -0.15) is 0 Å². The van der Waals surface area contributed by atoms with Crippen LogP contribution < -0.4 is 0 Å². The van der Waals surface area contributed by atoms with Crippen LogP contribution in [-0.2, 0) is 16.6 Å². The summed E-state index contributed by atoms with van der Waals surface area (Å²) in [6, 6.07) is 11.9. The molecule has 2 rings (SSSR count). The van der Waals surface area contributed by atoms with E-state index in [1.807, 2.05) is 0 Å². The maximum Gasteiger partial charge on any atom is 0.253 e. The lowest BCUT2D eigenvalue weighted by molar-refractivity contribution is 0.0784. The number of nitrogens with zero attached hydrogens (tertiary/aromatic N) is 2. The SMILES string of the molecule is CN(Cc1cccc(F)c1)C(=O)c1cccc(S(=O)(=O)N(C)C)c1. The van der Waals surface area contributed by atoms with Gasteiger partial charge in [0, 0.05) is 33.3 Å². The average Bonchev–Trinajstić information content (AvgIpc) is 2.54. The van der Waals surface area contributed by atoms with Gasteiger partial charge in [-0.25, -0.2) is 17.1 Å². The van der Waals surface area contributed by atoms with E-state index in [0.717, 1.165) is 4.31 Å². The van der Waals surface area contributed by atoms with E-state index < -0.39 is 10.0 Å². The maximum atomic E-state index is 13.2. The van der Waals surface area contributed by atoms with Crippen molar-refractivity contribution in [1.82, 2.24) is 9.21 Å². The molecule has 24 heavy (non-hydrogen) atoms. The van der Waals surface area contributed by atoms with Crippen molar-refractivity contribution >= 4 is 15.9 Å². The molecule has 2 aromatic carbocycles. The number of carbonyl (C=O) groups excluding carboxylic acids is 1. The van der Waals surface area contributed by atoms with E-state index in [2.05, 4.69) is 0 Å². The molecule has 2 aromatic rings. The second-order valence-corrected chi connectivity index (χ2v) is 7.76. The predicted molar refractivity (Wildman–Crippen MR) is 89.5 cm³/mol. The molecule has 0 N–H and O–H groups in total. The Morgan fingerprint density at radius 1 is 1.04 bits per heavy atom. The second-order valence-electron chi connectivity index (χ2n) is 5.61. The molecule has 0 unspecified atom stereocenters. The molecule has 0 heterocycles. The summed E-state index contributed by atoms with van der Waals surface area (Å²) in [5.41, 5.74) is 0.916. The van der Waals surface area contributed by atoms with Gasteiger partial charge in [0.15, 0.2) is 0 Å². The lowest BCUT2D eigenvalue weighted by atomic mass is 10.1. The zero-order valence-corrected chi connectivity index (χ0v) is 14.5. The van der Waals surface area contributed by atoms with E-state index in [-0.39, 0.29) is 28.7 Å². The standard InChI is InChI=1S/C17H19FN2O3S/c1-19(2)24(22,23)16-9-5-7-14(11-16)17(21)20(3)12-13-6-4-8-15(18)10-13/h4-11H,12H2,1-3H3. The highest BCUT2D eigenvalue weighted by Gasteiger charge is 2.20. The van der Waals surface area contributed by atoms with Gasteiger partial charge in [0.25, 0.3) is 5.91 Å². The van der Waals surface area contributed by atoms with Gasteiger partial charge in [-0.3, -0.25) is 4.79 Å². The van der Waals surface area contributed by atoms with Gasteiger partial charge in [0.2, 0.25) is 10.0 Å². The first kappa shape index (κ1) is 18.1. The molecule has 5 nitrogen and oxygen atoms in total. The Labute approximate surface area is 141 Å². The van der Waals surface area contributed by atoms with Crippen molar-refractivity contribution in [2.45, 2.75) is 11.4 Å². The summed E-state index contributed by atoms with van der Waals surface area (Å²) in [7, 11) is 0.834. The van der Waals surface area contributed by atoms with E-state index in [4.69, 9.17) is 0 Å². The Balaban J connectivity index is 2.23. The zero-order chi connectivity index (χ0) is 17.9. The molecular weight excluding hydrogens is 331 g/mol. The molecule has 7 heteroatoms.